The maximum atomic E-state index is 8.71. The molecular weight excluding hydrogens is 128 g/mol. The van der Waals surface area contributed by atoms with Crippen LogP contribution in [0, 0.1) is 5.41 Å². The number of aliphatic hydroxyl groups is 2. The van der Waals surface area contributed by atoms with Gasteiger partial charge in [-0.15, -0.1) is 0 Å². The highest BCUT2D eigenvalue weighted by Crippen LogP contribution is 2.30. The fourth-order valence-electron chi connectivity index (χ4n) is 0.979. The normalized spacial score (nSPS) is 12.6. The molecule has 0 aliphatic carbocycles. The fourth-order valence-corrected chi connectivity index (χ4v) is 0.979. The standard InChI is InChI=1S/C8H18O2/c1-4-8(3,5-2)6-7(9)10/h7,9-10H,4-6H2,1-3H3. The molecule has 10 heavy (non-hydrogen) atoms. The molecule has 2 nitrogen and oxygen atoms in total. The second-order valence-corrected chi connectivity index (χ2v) is 3.20. The first kappa shape index (κ1) is 9.92. The minimum absolute atomic E-state index is 0.105. The van der Waals surface area contributed by atoms with Crippen LogP contribution < -0.4 is 0 Å². The Morgan fingerprint density at radius 2 is 1.60 bits per heavy atom. The van der Waals surface area contributed by atoms with E-state index in [0.717, 1.165) is 12.8 Å². The predicted octanol–water partition coefficient (Wildman–Crippen LogP) is 1.51. The molecule has 2 heteroatoms. The van der Waals surface area contributed by atoms with Crippen LogP contribution in [0.5, 0.6) is 0 Å². The summed E-state index contributed by atoms with van der Waals surface area (Å²) in [5.74, 6) is 0. The topological polar surface area (TPSA) is 40.5 Å². The number of hydrogen-bond acceptors (Lipinski definition) is 2. The molecule has 0 aromatic rings. The summed E-state index contributed by atoms with van der Waals surface area (Å²) in [6.07, 6.45) is 1.34. The third kappa shape index (κ3) is 3.18. The molecule has 0 radical (unpaired) electrons. The Morgan fingerprint density at radius 3 is 1.70 bits per heavy atom. The Kier molecular flexibility index (Phi) is 3.91. The van der Waals surface area contributed by atoms with Crippen LogP contribution in [-0.4, -0.2) is 16.5 Å². The summed E-state index contributed by atoms with van der Waals surface area (Å²) in [4.78, 5) is 0. The van der Waals surface area contributed by atoms with Crippen molar-refractivity contribution in [1.29, 1.82) is 0 Å². The van der Waals surface area contributed by atoms with Gasteiger partial charge < -0.3 is 10.2 Å². The molecule has 0 rings (SSSR count). The molecule has 0 unspecified atom stereocenters. The maximum absolute atomic E-state index is 8.71. The van der Waals surface area contributed by atoms with Gasteiger partial charge in [0.2, 0.25) is 0 Å². The average molecular weight is 146 g/mol. The Bertz CT molecular complexity index is 85.3. The van der Waals surface area contributed by atoms with Crippen molar-refractivity contribution in [3.8, 4) is 0 Å². The molecule has 0 aromatic heterocycles. The van der Waals surface area contributed by atoms with Crippen LogP contribution in [0.1, 0.15) is 40.0 Å². The van der Waals surface area contributed by atoms with Gasteiger partial charge in [-0.2, -0.15) is 0 Å². The van der Waals surface area contributed by atoms with Gasteiger partial charge in [-0.1, -0.05) is 33.6 Å². The Morgan fingerprint density at radius 1 is 1.20 bits per heavy atom. The second kappa shape index (κ2) is 3.94. The quantitative estimate of drug-likeness (QED) is 0.590. The molecule has 2 N–H and O–H groups in total. The minimum Gasteiger partial charge on any atom is -0.368 e. The molecular formula is C8H18O2. The zero-order valence-electron chi connectivity index (χ0n) is 7.09. The van der Waals surface area contributed by atoms with E-state index < -0.39 is 6.29 Å². The van der Waals surface area contributed by atoms with Crippen LogP contribution >= 0.6 is 0 Å². The van der Waals surface area contributed by atoms with E-state index in [9.17, 15) is 0 Å². The lowest BCUT2D eigenvalue weighted by atomic mass is 9.81. The molecule has 0 aliphatic rings. The van der Waals surface area contributed by atoms with Gasteiger partial charge in [0, 0.05) is 6.42 Å². The van der Waals surface area contributed by atoms with Crippen LogP contribution in [0.3, 0.4) is 0 Å². The molecule has 0 saturated heterocycles. The second-order valence-electron chi connectivity index (χ2n) is 3.20. The van der Waals surface area contributed by atoms with Gasteiger partial charge in [0.1, 0.15) is 0 Å². The molecule has 0 fully saturated rings. The first-order valence-corrected chi connectivity index (χ1v) is 3.90. The molecule has 0 saturated carbocycles. The zero-order valence-corrected chi connectivity index (χ0v) is 7.09. The van der Waals surface area contributed by atoms with Crippen molar-refractivity contribution in [2.75, 3.05) is 0 Å². The van der Waals surface area contributed by atoms with Crippen molar-refractivity contribution in [1.82, 2.24) is 0 Å². The first-order valence-electron chi connectivity index (χ1n) is 3.90. The van der Waals surface area contributed by atoms with E-state index >= 15 is 0 Å². The van der Waals surface area contributed by atoms with Gasteiger partial charge in [-0.25, -0.2) is 0 Å². The Hall–Kier alpha value is -0.0800. The number of rotatable bonds is 4. The molecule has 0 aliphatic heterocycles. The van der Waals surface area contributed by atoms with Crippen LogP contribution in [0.15, 0.2) is 0 Å². The largest absolute Gasteiger partial charge is 0.368 e. The van der Waals surface area contributed by atoms with Crippen LogP contribution in [0.2, 0.25) is 0 Å². The van der Waals surface area contributed by atoms with E-state index in [4.69, 9.17) is 10.2 Å². The lowest BCUT2D eigenvalue weighted by Gasteiger charge is -2.27. The van der Waals surface area contributed by atoms with Crippen LogP contribution in [0.25, 0.3) is 0 Å². The third-order valence-electron chi connectivity index (χ3n) is 2.38. The van der Waals surface area contributed by atoms with Gasteiger partial charge in [0.15, 0.2) is 6.29 Å². The number of aliphatic hydroxyl groups excluding tert-OH is 1. The molecule has 0 amide bonds. The Labute approximate surface area is 62.9 Å². The highest BCUT2D eigenvalue weighted by Gasteiger charge is 2.22. The molecule has 0 heterocycles. The van der Waals surface area contributed by atoms with Crippen molar-refractivity contribution < 1.29 is 10.2 Å². The van der Waals surface area contributed by atoms with Gasteiger partial charge in [-0.05, 0) is 5.41 Å². The van der Waals surface area contributed by atoms with Crippen molar-refractivity contribution in [3.05, 3.63) is 0 Å². The average Bonchev–Trinajstić information content (AvgIpc) is 1.87. The van der Waals surface area contributed by atoms with Gasteiger partial charge in [0.05, 0.1) is 0 Å². The van der Waals surface area contributed by atoms with E-state index in [0.29, 0.717) is 6.42 Å². The smallest absolute Gasteiger partial charge is 0.151 e. The van der Waals surface area contributed by atoms with Crippen molar-refractivity contribution in [3.63, 3.8) is 0 Å². The Balaban J connectivity index is 3.80. The summed E-state index contributed by atoms with van der Waals surface area (Å²) >= 11 is 0. The first-order chi connectivity index (χ1) is 4.54. The lowest BCUT2D eigenvalue weighted by molar-refractivity contribution is -0.0714. The molecule has 0 bridgehead atoms. The van der Waals surface area contributed by atoms with E-state index in [-0.39, 0.29) is 5.41 Å². The summed E-state index contributed by atoms with van der Waals surface area (Å²) in [6.45, 7) is 6.23. The van der Waals surface area contributed by atoms with Crippen molar-refractivity contribution >= 4 is 0 Å². The summed E-state index contributed by atoms with van der Waals surface area (Å²) in [5, 5.41) is 17.4. The van der Waals surface area contributed by atoms with Crippen molar-refractivity contribution in [2.24, 2.45) is 5.41 Å². The highest BCUT2D eigenvalue weighted by atomic mass is 16.5. The summed E-state index contributed by atoms with van der Waals surface area (Å²) < 4.78 is 0. The predicted molar refractivity (Wildman–Crippen MR) is 41.5 cm³/mol. The van der Waals surface area contributed by atoms with Gasteiger partial charge in [-0.3, -0.25) is 0 Å². The van der Waals surface area contributed by atoms with E-state index in [1.54, 1.807) is 0 Å². The maximum Gasteiger partial charge on any atom is 0.151 e. The molecule has 0 spiro atoms. The van der Waals surface area contributed by atoms with Crippen LogP contribution in [0.4, 0.5) is 0 Å². The third-order valence-corrected chi connectivity index (χ3v) is 2.38. The minimum atomic E-state index is -1.15. The highest BCUT2D eigenvalue weighted by molar-refractivity contribution is 4.70. The van der Waals surface area contributed by atoms with E-state index in [1.165, 1.54) is 0 Å². The van der Waals surface area contributed by atoms with Gasteiger partial charge >= 0.3 is 0 Å². The SMILES string of the molecule is CCC(C)(CC)CC(O)O. The van der Waals surface area contributed by atoms with E-state index in [2.05, 4.69) is 20.8 Å². The summed E-state index contributed by atoms with van der Waals surface area (Å²) in [6, 6.07) is 0. The molecule has 0 aromatic carbocycles. The van der Waals surface area contributed by atoms with Crippen molar-refractivity contribution in [2.45, 2.75) is 46.3 Å². The van der Waals surface area contributed by atoms with E-state index in [1.807, 2.05) is 0 Å². The van der Waals surface area contributed by atoms with Gasteiger partial charge in [0.25, 0.3) is 0 Å². The van der Waals surface area contributed by atoms with Crippen LogP contribution in [-0.2, 0) is 0 Å². The summed E-state index contributed by atoms with van der Waals surface area (Å²) in [7, 11) is 0. The monoisotopic (exact) mass is 146 g/mol. The fraction of sp³-hybridized carbons (Fsp3) is 1.00. The molecule has 62 valence electrons. The molecule has 0 atom stereocenters. The number of hydrogen-bond donors (Lipinski definition) is 2. The lowest BCUT2D eigenvalue weighted by Crippen LogP contribution is -2.21. The zero-order chi connectivity index (χ0) is 8.20. The summed E-state index contributed by atoms with van der Waals surface area (Å²) in [5.41, 5.74) is 0.105.